The van der Waals surface area contributed by atoms with Crippen molar-refractivity contribution in [3.8, 4) is 0 Å². The first-order chi connectivity index (χ1) is 15.0. The summed E-state index contributed by atoms with van der Waals surface area (Å²) in [6.45, 7) is 5.93. The van der Waals surface area contributed by atoms with Gasteiger partial charge in [0.2, 0.25) is 11.8 Å². The fraction of sp³-hybridized carbons (Fsp3) is 0.792. The number of rotatable bonds is 4. The van der Waals surface area contributed by atoms with E-state index in [2.05, 4.69) is 17.1 Å². The van der Waals surface area contributed by atoms with Crippen LogP contribution in [-0.2, 0) is 22.6 Å². The molecule has 31 heavy (non-hydrogen) atoms. The number of likely N-dealkylation sites (N-methyl/N-ethyl adjacent to an activating group) is 1. The van der Waals surface area contributed by atoms with Gasteiger partial charge in [0.15, 0.2) is 5.13 Å². The summed E-state index contributed by atoms with van der Waals surface area (Å²) in [7, 11) is 0. The topological polar surface area (TPSA) is 65.5 Å². The van der Waals surface area contributed by atoms with Crippen molar-refractivity contribution in [1.29, 1.82) is 0 Å². The highest BCUT2D eigenvalue weighted by Gasteiger charge is 2.56. The van der Waals surface area contributed by atoms with Crippen LogP contribution >= 0.6 is 11.3 Å². The average Bonchev–Trinajstić information content (AvgIpc) is 3.38. The predicted molar refractivity (Wildman–Crippen MR) is 121 cm³/mol. The van der Waals surface area contributed by atoms with Gasteiger partial charge in [0.1, 0.15) is 6.04 Å². The predicted octanol–water partition coefficient (Wildman–Crippen LogP) is 3.67. The van der Waals surface area contributed by atoms with E-state index in [1.165, 1.54) is 24.1 Å². The lowest BCUT2D eigenvalue weighted by Gasteiger charge is -2.56. The number of carbonyl (C=O) groups excluding carboxylic acids is 2. The molecule has 5 fully saturated rings. The number of thiazole rings is 1. The van der Waals surface area contributed by atoms with Gasteiger partial charge in [0.05, 0.1) is 11.1 Å². The number of nitrogens with zero attached hydrogens (tertiary/aromatic N) is 3. The van der Waals surface area contributed by atoms with Gasteiger partial charge in [-0.2, -0.15) is 0 Å². The Hall–Kier alpha value is -1.47. The van der Waals surface area contributed by atoms with E-state index >= 15 is 0 Å². The van der Waals surface area contributed by atoms with Crippen molar-refractivity contribution in [3.05, 3.63) is 10.6 Å². The Labute approximate surface area is 188 Å². The Kier molecular flexibility index (Phi) is 4.91. The molecule has 1 saturated heterocycles. The number of amides is 2. The van der Waals surface area contributed by atoms with Crippen LogP contribution in [0.15, 0.2) is 0 Å². The molecule has 0 spiro atoms. The van der Waals surface area contributed by atoms with E-state index in [0.29, 0.717) is 11.0 Å². The molecule has 2 aliphatic heterocycles. The monoisotopic (exact) mass is 442 g/mol. The normalized spacial score (nSPS) is 36.6. The lowest BCUT2D eigenvalue weighted by atomic mass is 9.49. The summed E-state index contributed by atoms with van der Waals surface area (Å²) in [5.41, 5.74) is 0.972. The molecule has 1 atom stereocenters. The minimum atomic E-state index is -0.325. The number of likely N-dealkylation sites (tertiary alicyclic amines) is 1. The van der Waals surface area contributed by atoms with Gasteiger partial charge < -0.3 is 10.2 Å². The van der Waals surface area contributed by atoms with Crippen LogP contribution < -0.4 is 5.32 Å². The zero-order valence-electron chi connectivity index (χ0n) is 18.6. The Morgan fingerprint density at radius 2 is 1.84 bits per heavy atom. The van der Waals surface area contributed by atoms with Crippen LogP contribution in [0.1, 0.15) is 68.9 Å². The molecule has 6 aliphatic rings. The van der Waals surface area contributed by atoms with E-state index in [0.717, 1.165) is 88.2 Å². The largest absolute Gasteiger partial charge is 0.330 e. The third-order valence-corrected chi connectivity index (χ3v) is 9.79. The molecule has 7 rings (SSSR count). The highest BCUT2D eigenvalue weighted by molar-refractivity contribution is 7.15. The van der Waals surface area contributed by atoms with Crippen LogP contribution in [-0.4, -0.2) is 52.3 Å². The maximum atomic E-state index is 13.8. The summed E-state index contributed by atoms with van der Waals surface area (Å²) in [5, 5.41) is 3.80. The number of nitrogens with one attached hydrogen (secondary N) is 1. The van der Waals surface area contributed by atoms with Gasteiger partial charge in [-0.1, -0.05) is 6.92 Å². The Morgan fingerprint density at radius 3 is 2.52 bits per heavy atom. The van der Waals surface area contributed by atoms with Gasteiger partial charge in [-0.05, 0) is 75.7 Å². The quantitative estimate of drug-likeness (QED) is 0.773. The molecule has 168 valence electrons. The van der Waals surface area contributed by atoms with E-state index in [1.54, 1.807) is 11.3 Å². The fourth-order valence-corrected chi connectivity index (χ4v) is 8.77. The van der Waals surface area contributed by atoms with E-state index in [-0.39, 0.29) is 17.4 Å². The molecule has 4 saturated carbocycles. The second-order valence-corrected chi connectivity index (χ2v) is 11.9. The van der Waals surface area contributed by atoms with Crippen LogP contribution in [0.5, 0.6) is 0 Å². The summed E-state index contributed by atoms with van der Waals surface area (Å²) in [5.74, 6) is 2.49. The van der Waals surface area contributed by atoms with E-state index in [9.17, 15) is 9.59 Å². The fourth-order valence-electron chi connectivity index (χ4n) is 7.72. The highest BCUT2D eigenvalue weighted by atomic mass is 32.1. The molecule has 1 aromatic heterocycles. The van der Waals surface area contributed by atoms with Crippen molar-refractivity contribution < 1.29 is 9.59 Å². The molecule has 3 heterocycles. The maximum absolute atomic E-state index is 13.8. The number of hydrogen-bond acceptors (Lipinski definition) is 5. The first-order valence-corrected chi connectivity index (χ1v) is 13.2. The third kappa shape index (κ3) is 3.43. The van der Waals surface area contributed by atoms with E-state index in [1.807, 2.05) is 4.90 Å². The number of aromatic nitrogens is 1. The molecule has 7 heteroatoms. The number of fused-ring (bicyclic) bond motifs is 1. The second-order valence-electron chi connectivity index (χ2n) is 10.9. The Morgan fingerprint density at radius 1 is 1.13 bits per heavy atom. The Balaban J connectivity index is 1.16. The average molecular weight is 443 g/mol. The van der Waals surface area contributed by atoms with Crippen molar-refractivity contribution in [2.75, 3.05) is 25.0 Å². The van der Waals surface area contributed by atoms with Gasteiger partial charge in [-0.3, -0.25) is 14.5 Å². The van der Waals surface area contributed by atoms with E-state index in [4.69, 9.17) is 4.98 Å². The summed E-state index contributed by atoms with van der Waals surface area (Å²) in [4.78, 5) is 37.4. The Bertz CT molecular complexity index is 861. The third-order valence-electron chi connectivity index (χ3n) is 8.80. The number of carbonyl (C=O) groups is 2. The first kappa shape index (κ1) is 20.2. The molecular formula is C24H34N4O2S. The smallest absolute Gasteiger partial charge is 0.248 e. The lowest BCUT2D eigenvalue weighted by Crippen LogP contribution is -2.56. The van der Waals surface area contributed by atoms with Crippen LogP contribution in [0.4, 0.5) is 5.13 Å². The molecule has 0 radical (unpaired) electrons. The van der Waals surface area contributed by atoms with Crippen molar-refractivity contribution in [2.45, 2.75) is 77.3 Å². The lowest BCUT2D eigenvalue weighted by molar-refractivity contribution is -0.160. The molecule has 4 bridgehead atoms. The van der Waals surface area contributed by atoms with Crippen LogP contribution in [0.2, 0.25) is 0 Å². The molecule has 4 aliphatic carbocycles. The molecule has 0 aromatic carbocycles. The SMILES string of the molecule is CCN1CCc2nc(NC(=O)C3CCCN3C(=O)C34CC5CC(CC(C5)C3)C4)sc2C1. The number of hydrogen-bond donors (Lipinski definition) is 1. The van der Waals surface area contributed by atoms with Gasteiger partial charge in [-0.15, -0.1) is 11.3 Å². The zero-order valence-corrected chi connectivity index (χ0v) is 19.4. The summed E-state index contributed by atoms with van der Waals surface area (Å²) in [6, 6.07) is -0.325. The minimum Gasteiger partial charge on any atom is -0.330 e. The standard InChI is InChI=1S/C24H34N4O2S/c1-2-27-7-5-18-20(14-27)31-23(25-18)26-21(29)19-4-3-6-28(19)22(30)24-11-15-8-16(12-24)10-17(9-15)13-24/h15-17,19H,2-14H2,1H3,(H,25,26,29). The molecular weight excluding hydrogens is 408 g/mol. The molecule has 2 amide bonds. The van der Waals surface area contributed by atoms with Crippen LogP contribution in [0.25, 0.3) is 0 Å². The summed E-state index contributed by atoms with van der Waals surface area (Å²) < 4.78 is 0. The number of anilines is 1. The first-order valence-electron chi connectivity index (χ1n) is 12.4. The van der Waals surface area contributed by atoms with Crippen LogP contribution in [0.3, 0.4) is 0 Å². The van der Waals surface area contributed by atoms with Crippen LogP contribution in [0, 0.1) is 23.2 Å². The summed E-state index contributed by atoms with van der Waals surface area (Å²) >= 11 is 1.61. The molecule has 1 unspecified atom stereocenters. The molecule has 1 N–H and O–H groups in total. The second kappa shape index (κ2) is 7.55. The van der Waals surface area contributed by atoms with Crippen molar-refractivity contribution in [2.24, 2.45) is 23.2 Å². The van der Waals surface area contributed by atoms with E-state index < -0.39 is 0 Å². The summed E-state index contributed by atoms with van der Waals surface area (Å²) in [6.07, 6.45) is 9.85. The van der Waals surface area contributed by atoms with Gasteiger partial charge in [0, 0.05) is 30.9 Å². The molecule has 6 nitrogen and oxygen atoms in total. The zero-order chi connectivity index (χ0) is 21.2. The maximum Gasteiger partial charge on any atom is 0.248 e. The van der Waals surface area contributed by atoms with Crippen molar-refractivity contribution in [1.82, 2.24) is 14.8 Å². The van der Waals surface area contributed by atoms with Gasteiger partial charge in [0.25, 0.3) is 0 Å². The molecule has 1 aromatic rings. The van der Waals surface area contributed by atoms with Crippen molar-refractivity contribution >= 4 is 28.3 Å². The van der Waals surface area contributed by atoms with Gasteiger partial charge >= 0.3 is 0 Å². The van der Waals surface area contributed by atoms with Crippen molar-refractivity contribution in [3.63, 3.8) is 0 Å². The van der Waals surface area contributed by atoms with Gasteiger partial charge in [-0.25, -0.2) is 4.98 Å². The minimum absolute atomic E-state index is 0.0333. The highest BCUT2D eigenvalue weighted by Crippen LogP contribution is 2.60.